The second-order valence-electron chi connectivity index (χ2n) is 8.34. The van der Waals surface area contributed by atoms with E-state index >= 15 is 0 Å². The maximum absolute atomic E-state index is 13.2. The van der Waals surface area contributed by atoms with Crippen LogP contribution in [0.5, 0.6) is 0 Å². The summed E-state index contributed by atoms with van der Waals surface area (Å²) in [4.78, 5) is 33.1. The number of carbonyl (C=O) groups excluding carboxylic acids is 2. The average molecular weight is 427 g/mol. The second kappa shape index (κ2) is 8.93. The molecule has 3 heterocycles. The number of likely N-dealkylation sites (tertiary alicyclic amines) is 2. The molecular weight excluding hydrogens is 396 g/mol. The van der Waals surface area contributed by atoms with Crippen molar-refractivity contribution < 1.29 is 22.4 Å². The van der Waals surface area contributed by atoms with Crippen LogP contribution in [0.25, 0.3) is 0 Å². The lowest BCUT2D eigenvalue weighted by molar-refractivity contribution is -0.114. The summed E-state index contributed by atoms with van der Waals surface area (Å²) in [6.07, 6.45) is 6.01. The van der Waals surface area contributed by atoms with Crippen LogP contribution in [0.1, 0.15) is 49.5 Å². The normalized spacial score (nSPS) is 24.3. The number of aldehydes is 1. The fraction of sp³-hybridized carbons (Fsp3) is 0.737. The molecule has 0 radical (unpaired) electrons. The Balaban J connectivity index is 1.80. The number of sulfonamides is 1. The molecule has 1 N–H and O–H groups in total. The van der Waals surface area contributed by atoms with E-state index in [0.717, 1.165) is 38.5 Å². The molecule has 2 saturated heterocycles. The SMILES string of the molecule is CC(C)[C@H](C=O)[C@H]1[C@H](NS(C)(=O)=O)CCN1C(=O)c1coc(CN2CCCC2)n1. The van der Waals surface area contributed by atoms with Gasteiger partial charge in [-0.2, -0.15) is 0 Å². The van der Waals surface area contributed by atoms with Crippen LogP contribution in [0.2, 0.25) is 0 Å². The third-order valence-corrected chi connectivity index (χ3v) is 6.46. The first kappa shape index (κ1) is 21.9. The molecule has 29 heavy (non-hydrogen) atoms. The van der Waals surface area contributed by atoms with Crippen LogP contribution in [0.3, 0.4) is 0 Å². The lowest BCUT2D eigenvalue weighted by Crippen LogP contribution is -2.52. The van der Waals surface area contributed by atoms with Crippen LogP contribution in [0, 0.1) is 11.8 Å². The predicted octanol–water partition coefficient (Wildman–Crippen LogP) is 0.874. The molecule has 162 valence electrons. The van der Waals surface area contributed by atoms with Gasteiger partial charge in [-0.25, -0.2) is 18.1 Å². The highest BCUT2D eigenvalue weighted by molar-refractivity contribution is 7.88. The maximum Gasteiger partial charge on any atom is 0.276 e. The van der Waals surface area contributed by atoms with Gasteiger partial charge in [-0.3, -0.25) is 9.69 Å². The number of hydrogen-bond acceptors (Lipinski definition) is 7. The number of nitrogens with zero attached hydrogens (tertiary/aromatic N) is 3. The summed E-state index contributed by atoms with van der Waals surface area (Å²) in [6, 6.07) is -1.07. The Morgan fingerprint density at radius 1 is 1.34 bits per heavy atom. The summed E-state index contributed by atoms with van der Waals surface area (Å²) in [6.45, 7) is 6.69. The van der Waals surface area contributed by atoms with Gasteiger partial charge in [0.2, 0.25) is 15.9 Å². The fourth-order valence-electron chi connectivity index (χ4n) is 4.32. The molecule has 9 nitrogen and oxygen atoms in total. The van der Waals surface area contributed by atoms with E-state index in [1.807, 2.05) is 13.8 Å². The molecule has 1 aromatic heterocycles. The van der Waals surface area contributed by atoms with Gasteiger partial charge in [0, 0.05) is 18.5 Å². The fourth-order valence-corrected chi connectivity index (χ4v) is 5.13. The number of rotatable bonds is 8. The summed E-state index contributed by atoms with van der Waals surface area (Å²) in [5.41, 5.74) is 0.192. The maximum atomic E-state index is 13.2. The lowest BCUT2D eigenvalue weighted by Gasteiger charge is -2.33. The number of oxazole rings is 1. The van der Waals surface area contributed by atoms with Gasteiger partial charge in [-0.1, -0.05) is 13.8 Å². The Morgan fingerprint density at radius 3 is 2.62 bits per heavy atom. The molecule has 0 saturated carbocycles. The topological polar surface area (TPSA) is 113 Å². The van der Waals surface area contributed by atoms with Gasteiger partial charge in [0.15, 0.2) is 5.69 Å². The molecule has 2 aliphatic rings. The van der Waals surface area contributed by atoms with Crippen LogP contribution < -0.4 is 4.72 Å². The molecule has 0 aliphatic carbocycles. The van der Waals surface area contributed by atoms with Gasteiger partial charge in [0.1, 0.15) is 12.5 Å². The van der Waals surface area contributed by atoms with Crippen molar-refractivity contribution in [3.63, 3.8) is 0 Å². The van der Waals surface area contributed by atoms with E-state index < -0.39 is 28.0 Å². The van der Waals surface area contributed by atoms with Crippen LogP contribution in [0.15, 0.2) is 10.7 Å². The summed E-state index contributed by atoms with van der Waals surface area (Å²) in [5.74, 6) is -0.376. The molecule has 3 atom stereocenters. The zero-order valence-corrected chi connectivity index (χ0v) is 18.0. The number of hydrogen-bond donors (Lipinski definition) is 1. The highest BCUT2D eigenvalue weighted by Crippen LogP contribution is 2.30. The minimum absolute atomic E-state index is 0.0437. The van der Waals surface area contributed by atoms with E-state index in [-0.39, 0.29) is 17.5 Å². The van der Waals surface area contributed by atoms with Crippen LogP contribution >= 0.6 is 0 Å². The van der Waals surface area contributed by atoms with Crippen LogP contribution in [-0.2, 0) is 21.4 Å². The zero-order chi connectivity index (χ0) is 21.2. The van der Waals surface area contributed by atoms with Crippen molar-refractivity contribution in [3.8, 4) is 0 Å². The highest BCUT2D eigenvalue weighted by atomic mass is 32.2. The minimum Gasteiger partial charge on any atom is -0.447 e. The van der Waals surface area contributed by atoms with Gasteiger partial charge in [-0.15, -0.1) is 0 Å². The zero-order valence-electron chi connectivity index (χ0n) is 17.2. The number of nitrogens with one attached hydrogen (secondary N) is 1. The molecule has 0 spiro atoms. The van der Waals surface area contributed by atoms with Gasteiger partial charge in [0.05, 0.1) is 18.8 Å². The van der Waals surface area contributed by atoms with Crippen molar-refractivity contribution in [1.82, 2.24) is 19.5 Å². The van der Waals surface area contributed by atoms with E-state index in [2.05, 4.69) is 14.6 Å². The molecule has 0 unspecified atom stereocenters. The van der Waals surface area contributed by atoms with Crippen molar-refractivity contribution in [1.29, 1.82) is 0 Å². The average Bonchev–Trinajstić information content (AvgIpc) is 3.36. The smallest absolute Gasteiger partial charge is 0.276 e. The molecule has 3 rings (SSSR count). The van der Waals surface area contributed by atoms with E-state index in [1.54, 1.807) is 4.90 Å². The van der Waals surface area contributed by atoms with E-state index in [9.17, 15) is 18.0 Å². The van der Waals surface area contributed by atoms with Crippen molar-refractivity contribution in [3.05, 3.63) is 17.8 Å². The Morgan fingerprint density at radius 2 is 2.03 bits per heavy atom. The third-order valence-electron chi connectivity index (χ3n) is 5.73. The van der Waals surface area contributed by atoms with Crippen molar-refractivity contribution >= 4 is 22.2 Å². The predicted molar refractivity (Wildman–Crippen MR) is 107 cm³/mol. The summed E-state index contributed by atoms with van der Waals surface area (Å²) in [7, 11) is -3.47. The van der Waals surface area contributed by atoms with Crippen LogP contribution in [-0.4, -0.2) is 73.4 Å². The Kier molecular flexibility index (Phi) is 6.75. The summed E-state index contributed by atoms with van der Waals surface area (Å²) < 4.78 is 31.7. The highest BCUT2D eigenvalue weighted by Gasteiger charge is 2.44. The van der Waals surface area contributed by atoms with Gasteiger partial charge in [0.25, 0.3) is 5.91 Å². The largest absolute Gasteiger partial charge is 0.447 e. The first-order valence-corrected chi connectivity index (χ1v) is 12.0. The van der Waals surface area contributed by atoms with Crippen molar-refractivity contribution in [2.24, 2.45) is 11.8 Å². The van der Waals surface area contributed by atoms with Crippen molar-refractivity contribution in [2.45, 2.75) is 51.7 Å². The molecule has 1 aromatic rings. The lowest BCUT2D eigenvalue weighted by atomic mass is 9.86. The molecule has 2 fully saturated rings. The first-order chi connectivity index (χ1) is 13.7. The van der Waals surface area contributed by atoms with E-state index in [0.29, 0.717) is 25.4 Å². The quantitative estimate of drug-likeness (QED) is 0.614. The standard InChI is InChI=1S/C19H30N4O5S/c1-13(2)14(11-24)18-15(21-29(3,26)27)6-9-23(18)19(25)16-12-28-17(20-16)10-22-7-4-5-8-22/h11-15,18,21H,4-10H2,1-3H3/t14-,15+,18-/m0/s1. The number of carbonyl (C=O) groups is 2. The Bertz CT molecular complexity index is 831. The second-order valence-corrected chi connectivity index (χ2v) is 10.1. The molecule has 10 heteroatoms. The number of aromatic nitrogens is 1. The molecule has 0 aromatic carbocycles. The van der Waals surface area contributed by atoms with Gasteiger partial charge in [-0.05, 0) is 38.3 Å². The molecule has 1 amide bonds. The Labute approximate surface area is 171 Å². The van der Waals surface area contributed by atoms with Crippen molar-refractivity contribution in [2.75, 3.05) is 25.9 Å². The third kappa shape index (κ3) is 5.23. The molecular formula is C19H30N4O5S. The first-order valence-electron chi connectivity index (χ1n) is 10.1. The van der Waals surface area contributed by atoms with Gasteiger partial charge >= 0.3 is 0 Å². The molecule has 2 aliphatic heterocycles. The van der Waals surface area contributed by atoms with E-state index in [1.165, 1.54) is 6.26 Å². The van der Waals surface area contributed by atoms with Crippen LogP contribution in [0.4, 0.5) is 0 Å². The Hall–Kier alpha value is -1.78. The summed E-state index contributed by atoms with van der Waals surface area (Å²) >= 11 is 0. The number of amides is 1. The summed E-state index contributed by atoms with van der Waals surface area (Å²) in [5, 5.41) is 0. The molecule has 0 bridgehead atoms. The minimum atomic E-state index is -3.47. The van der Waals surface area contributed by atoms with Gasteiger partial charge < -0.3 is 14.1 Å². The monoisotopic (exact) mass is 426 g/mol. The van der Waals surface area contributed by atoms with E-state index in [4.69, 9.17) is 4.42 Å².